The lowest BCUT2D eigenvalue weighted by atomic mass is 10.1. The zero-order valence-electron chi connectivity index (χ0n) is 12.4. The summed E-state index contributed by atoms with van der Waals surface area (Å²) in [7, 11) is 1.74. The third-order valence-corrected chi connectivity index (χ3v) is 2.12. The number of hydrogen-bond acceptors (Lipinski definition) is 3. The van der Waals surface area contributed by atoms with Crippen molar-refractivity contribution >= 4 is 12.0 Å². The third kappa shape index (κ3) is 8.84. The SMILES string of the molecule is CC(C)CC(=O)N(C)CCNC(=O)OC(C)(C)C. The molecule has 0 heterocycles. The van der Waals surface area contributed by atoms with Crippen LogP contribution in [-0.4, -0.2) is 42.6 Å². The predicted molar refractivity (Wildman–Crippen MR) is 71.3 cm³/mol. The van der Waals surface area contributed by atoms with Crippen LogP contribution >= 0.6 is 0 Å². The summed E-state index contributed by atoms with van der Waals surface area (Å²) in [5.41, 5.74) is -0.497. The number of amides is 2. The molecule has 0 unspecified atom stereocenters. The minimum absolute atomic E-state index is 0.0935. The van der Waals surface area contributed by atoms with E-state index in [0.717, 1.165) is 0 Å². The van der Waals surface area contributed by atoms with Gasteiger partial charge in [-0.2, -0.15) is 0 Å². The molecule has 0 radical (unpaired) electrons. The Bertz CT molecular complexity index is 282. The maximum absolute atomic E-state index is 11.6. The minimum atomic E-state index is -0.497. The Morgan fingerprint density at radius 1 is 1.28 bits per heavy atom. The fraction of sp³-hybridized carbons (Fsp3) is 0.846. The van der Waals surface area contributed by atoms with Crippen LogP contribution < -0.4 is 5.32 Å². The van der Waals surface area contributed by atoms with Gasteiger partial charge in [-0.1, -0.05) is 13.8 Å². The van der Waals surface area contributed by atoms with E-state index in [1.807, 2.05) is 34.6 Å². The molecular weight excluding hydrogens is 232 g/mol. The summed E-state index contributed by atoms with van der Waals surface area (Å²) in [5.74, 6) is 0.440. The number of rotatable bonds is 5. The van der Waals surface area contributed by atoms with Gasteiger partial charge in [0.25, 0.3) is 0 Å². The zero-order chi connectivity index (χ0) is 14.3. The number of carbonyl (C=O) groups excluding carboxylic acids is 2. The minimum Gasteiger partial charge on any atom is -0.444 e. The van der Waals surface area contributed by atoms with Crippen molar-refractivity contribution in [3.63, 3.8) is 0 Å². The number of hydrogen-bond donors (Lipinski definition) is 1. The standard InChI is InChI=1S/C13H26N2O3/c1-10(2)9-11(16)15(6)8-7-14-12(17)18-13(3,4)5/h10H,7-9H2,1-6H3,(H,14,17). The van der Waals surface area contributed by atoms with Crippen molar-refractivity contribution in [2.24, 2.45) is 5.92 Å². The molecule has 0 bridgehead atoms. The van der Waals surface area contributed by atoms with Gasteiger partial charge in [0.2, 0.25) is 5.91 Å². The first-order chi connectivity index (χ1) is 8.11. The molecule has 0 aromatic rings. The molecule has 0 spiro atoms. The van der Waals surface area contributed by atoms with Gasteiger partial charge in [0.1, 0.15) is 5.60 Å². The van der Waals surface area contributed by atoms with Crippen molar-refractivity contribution in [2.75, 3.05) is 20.1 Å². The molecule has 0 aromatic heterocycles. The van der Waals surface area contributed by atoms with Crippen molar-refractivity contribution in [1.29, 1.82) is 0 Å². The molecule has 0 atom stereocenters. The molecule has 0 aliphatic heterocycles. The van der Waals surface area contributed by atoms with Crippen LogP contribution in [0.4, 0.5) is 4.79 Å². The van der Waals surface area contributed by atoms with Crippen molar-refractivity contribution in [1.82, 2.24) is 10.2 Å². The summed E-state index contributed by atoms with van der Waals surface area (Å²) in [4.78, 5) is 24.6. The molecule has 0 fully saturated rings. The molecule has 106 valence electrons. The van der Waals surface area contributed by atoms with E-state index in [2.05, 4.69) is 5.32 Å². The number of carbonyl (C=O) groups is 2. The van der Waals surface area contributed by atoms with Gasteiger partial charge in [0.15, 0.2) is 0 Å². The fourth-order valence-corrected chi connectivity index (χ4v) is 1.27. The van der Waals surface area contributed by atoms with E-state index in [9.17, 15) is 9.59 Å². The van der Waals surface area contributed by atoms with E-state index in [-0.39, 0.29) is 5.91 Å². The molecule has 0 aliphatic rings. The quantitative estimate of drug-likeness (QED) is 0.820. The van der Waals surface area contributed by atoms with Crippen molar-refractivity contribution in [2.45, 2.75) is 46.6 Å². The lowest BCUT2D eigenvalue weighted by Crippen LogP contribution is -2.38. The van der Waals surface area contributed by atoms with E-state index in [0.29, 0.717) is 25.4 Å². The van der Waals surface area contributed by atoms with E-state index in [1.165, 1.54) is 0 Å². The van der Waals surface area contributed by atoms with Crippen LogP contribution in [0, 0.1) is 5.92 Å². The largest absolute Gasteiger partial charge is 0.444 e. The highest BCUT2D eigenvalue weighted by atomic mass is 16.6. The highest BCUT2D eigenvalue weighted by molar-refractivity contribution is 5.76. The van der Waals surface area contributed by atoms with Crippen molar-refractivity contribution < 1.29 is 14.3 Å². The van der Waals surface area contributed by atoms with Crippen LogP contribution in [0.25, 0.3) is 0 Å². The van der Waals surface area contributed by atoms with Gasteiger partial charge in [-0.15, -0.1) is 0 Å². The van der Waals surface area contributed by atoms with Gasteiger partial charge in [-0.25, -0.2) is 4.79 Å². The molecule has 0 aromatic carbocycles. The van der Waals surface area contributed by atoms with E-state index >= 15 is 0 Å². The van der Waals surface area contributed by atoms with Crippen molar-refractivity contribution in [3.05, 3.63) is 0 Å². The molecular formula is C13H26N2O3. The Kier molecular flexibility index (Phi) is 6.73. The molecule has 0 saturated carbocycles. The van der Waals surface area contributed by atoms with Crippen molar-refractivity contribution in [3.8, 4) is 0 Å². The van der Waals surface area contributed by atoms with Crippen LogP contribution in [0.3, 0.4) is 0 Å². The molecule has 0 aliphatic carbocycles. The van der Waals surface area contributed by atoms with Gasteiger partial charge in [0, 0.05) is 26.6 Å². The van der Waals surface area contributed by atoms with E-state index in [1.54, 1.807) is 11.9 Å². The second-order valence-corrected chi connectivity index (χ2v) is 5.84. The van der Waals surface area contributed by atoms with E-state index < -0.39 is 11.7 Å². The number of alkyl carbamates (subject to hydrolysis) is 1. The summed E-state index contributed by atoms with van der Waals surface area (Å²) in [6.45, 7) is 10.3. The normalized spacial score (nSPS) is 11.3. The Balaban J connectivity index is 3.84. The van der Waals surface area contributed by atoms with E-state index in [4.69, 9.17) is 4.74 Å². The lowest BCUT2D eigenvalue weighted by molar-refractivity contribution is -0.130. The number of likely N-dealkylation sites (N-methyl/N-ethyl adjacent to an activating group) is 1. The molecule has 5 heteroatoms. The first kappa shape index (κ1) is 16.7. The number of nitrogens with zero attached hydrogens (tertiary/aromatic N) is 1. The highest BCUT2D eigenvalue weighted by Gasteiger charge is 2.16. The third-order valence-electron chi connectivity index (χ3n) is 2.12. The first-order valence-electron chi connectivity index (χ1n) is 6.32. The lowest BCUT2D eigenvalue weighted by Gasteiger charge is -2.21. The first-order valence-corrected chi connectivity index (χ1v) is 6.32. The monoisotopic (exact) mass is 258 g/mol. The van der Waals surface area contributed by atoms with Gasteiger partial charge in [-0.05, 0) is 26.7 Å². The smallest absolute Gasteiger partial charge is 0.407 e. The highest BCUT2D eigenvalue weighted by Crippen LogP contribution is 2.06. The Morgan fingerprint density at radius 3 is 2.28 bits per heavy atom. The number of nitrogens with one attached hydrogen (secondary N) is 1. The van der Waals surface area contributed by atoms with Gasteiger partial charge < -0.3 is 15.0 Å². The maximum atomic E-state index is 11.6. The number of ether oxygens (including phenoxy) is 1. The topological polar surface area (TPSA) is 58.6 Å². The fourth-order valence-electron chi connectivity index (χ4n) is 1.27. The average molecular weight is 258 g/mol. The maximum Gasteiger partial charge on any atom is 0.407 e. The van der Waals surface area contributed by atoms with Crippen LogP contribution in [0.15, 0.2) is 0 Å². The summed E-state index contributed by atoms with van der Waals surface area (Å²) >= 11 is 0. The van der Waals surface area contributed by atoms with Gasteiger partial charge in [-0.3, -0.25) is 4.79 Å². The molecule has 18 heavy (non-hydrogen) atoms. The molecule has 0 saturated heterocycles. The summed E-state index contributed by atoms with van der Waals surface area (Å²) in [6.07, 6.45) is 0.0790. The summed E-state index contributed by atoms with van der Waals surface area (Å²) in [6, 6.07) is 0. The molecule has 0 rings (SSSR count). The average Bonchev–Trinajstić information content (AvgIpc) is 2.13. The predicted octanol–water partition coefficient (Wildman–Crippen LogP) is 2.02. The summed E-state index contributed by atoms with van der Waals surface area (Å²) < 4.78 is 5.09. The van der Waals surface area contributed by atoms with Crippen LogP contribution in [0.2, 0.25) is 0 Å². The molecule has 2 amide bonds. The zero-order valence-corrected chi connectivity index (χ0v) is 12.4. The summed E-state index contributed by atoms with van der Waals surface area (Å²) in [5, 5.41) is 2.62. The van der Waals surface area contributed by atoms with Crippen LogP contribution in [0.1, 0.15) is 41.0 Å². The Morgan fingerprint density at radius 2 is 1.83 bits per heavy atom. The molecule has 1 N–H and O–H groups in total. The second-order valence-electron chi connectivity index (χ2n) is 5.84. The van der Waals surface area contributed by atoms with Crippen LogP contribution in [0.5, 0.6) is 0 Å². The Hall–Kier alpha value is -1.26. The van der Waals surface area contributed by atoms with Gasteiger partial charge in [0.05, 0.1) is 0 Å². The molecule has 5 nitrogen and oxygen atoms in total. The second kappa shape index (κ2) is 7.24. The Labute approximate surface area is 110 Å². The van der Waals surface area contributed by atoms with Gasteiger partial charge >= 0.3 is 6.09 Å². The van der Waals surface area contributed by atoms with Crippen LogP contribution in [-0.2, 0) is 9.53 Å².